The Kier molecular flexibility index (Phi) is 5.32. The van der Waals surface area contributed by atoms with Crippen LogP contribution in [0.5, 0.6) is 0 Å². The van der Waals surface area contributed by atoms with Crippen molar-refractivity contribution in [3.8, 4) is 0 Å². The fourth-order valence-electron chi connectivity index (χ4n) is 3.20. The van der Waals surface area contributed by atoms with Crippen molar-refractivity contribution < 1.29 is 13.2 Å². The van der Waals surface area contributed by atoms with Crippen LogP contribution in [-0.2, 0) is 6.18 Å². The molecule has 1 atom stereocenters. The molecule has 2 heterocycles. The molecule has 0 saturated carbocycles. The molecule has 1 fully saturated rings. The second kappa shape index (κ2) is 7.32. The van der Waals surface area contributed by atoms with Crippen LogP contribution in [0.2, 0.25) is 5.02 Å². The summed E-state index contributed by atoms with van der Waals surface area (Å²) in [6.45, 7) is 5.00. The molecule has 0 bridgehead atoms. The van der Waals surface area contributed by atoms with Crippen molar-refractivity contribution in [3.63, 3.8) is 0 Å². The Morgan fingerprint density at radius 3 is 2.56 bits per heavy atom. The monoisotopic (exact) mass is 369 g/mol. The lowest BCUT2D eigenvalue weighted by Gasteiger charge is -2.35. The van der Waals surface area contributed by atoms with Gasteiger partial charge in [0.1, 0.15) is 0 Å². The van der Waals surface area contributed by atoms with Gasteiger partial charge in [0.15, 0.2) is 0 Å². The lowest BCUT2D eigenvalue weighted by molar-refractivity contribution is -0.137. The molecule has 134 valence electrons. The minimum Gasteiger partial charge on any atom is -0.314 e. The Hall–Kier alpha value is -1.63. The van der Waals surface area contributed by atoms with E-state index < -0.39 is 11.7 Å². The lowest BCUT2D eigenvalue weighted by atomic mass is 9.96. The number of piperazine rings is 1. The van der Waals surface area contributed by atoms with Gasteiger partial charge in [0.25, 0.3) is 0 Å². The number of halogens is 4. The summed E-state index contributed by atoms with van der Waals surface area (Å²) in [5.41, 5.74) is 1.48. The zero-order valence-electron chi connectivity index (χ0n) is 13.8. The molecule has 25 heavy (non-hydrogen) atoms. The van der Waals surface area contributed by atoms with Gasteiger partial charge in [-0.15, -0.1) is 0 Å². The van der Waals surface area contributed by atoms with Gasteiger partial charge >= 0.3 is 6.18 Å². The van der Waals surface area contributed by atoms with E-state index in [2.05, 4.69) is 15.2 Å². The zero-order valence-corrected chi connectivity index (χ0v) is 14.5. The van der Waals surface area contributed by atoms with Crippen LogP contribution in [0.3, 0.4) is 0 Å². The van der Waals surface area contributed by atoms with E-state index in [0.29, 0.717) is 5.56 Å². The first-order valence-corrected chi connectivity index (χ1v) is 8.48. The van der Waals surface area contributed by atoms with Crippen LogP contribution in [-0.4, -0.2) is 36.1 Å². The number of nitrogens with zero attached hydrogens (tertiary/aromatic N) is 2. The Morgan fingerprint density at radius 1 is 1.20 bits per heavy atom. The molecular formula is C18H19ClF3N3. The van der Waals surface area contributed by atoms with Crippen LogP contribution >= 0.6 is 11.6 Å². The molecule has 2 aromatic rings. The van der Waals surface area contributed by atoms with Crippen molar-refractivity contribution >= 4 is 11.6 Å². The van der Waals surface area contributed by atoms with Gasteiger partial charge in [-0.2, -0.15) is 13.2 Å². The highest BCUT2D eigenvalue weighted by Crippen LogP contribution is 2.38. The molecular weight excluding hydrogens is 351 g/mol. The van der Waals surface area contributed by atoms with Gasteiger partial charge in [0.2, 0.25) is 0 Å². The molecule has 0 aliphatic carbocycles. The minimum atomic E-state index is -4.49. The minimum absolute atomic E-state index is 0.284. The average Bonchev–Trinajstić information content (AvgIpc) is 2.58. The fourth-order valence-corrected chi connectivity index (χ4v) is 3.42. The molecule has 0 radical (unpaired) electrons. The molecule has 1 unspecified atom stereocenters. The van der Waals surface area contributed by atoms with Crippen molar-refractivity contribution in [1.82, 2.24) is 15.2 Å². The molecule has 3 nitrogen and oxygen atoms in total. The summed E-state index contributed by atoms with van der Waals surface area (Å²) in [4.78, 5) is 6.63. The summed E-state index contributed by atoms with van der Waals surface area (Å²) in [7, 11) is 0. The molecule has 1 aromatic carbocycles. The first-order valence-electron chi connectivity index (χ1n) is 8.11. The van der Waals surface area contributed by atoms with Crippen molar-refractivity contribution in [2.75, 3.05) is 26.2 Å². The van der Waals surface area contributed by atoms with Crippen molar-refractivity contribution in [2.45, 2.75) is 19.1 Å². The number of aromatic nitrogens is 1. The Balaban J connectivity index is 2.10. The van der Waals surface area contributed by atoms with E-state index in [0.717, 1.165) is 43.5 Å². The van der Waals surface area contributed by atoms with E-state index in [1.807, 2.05) is 19.1 Å². The summed E-state index contributed by atoms with van der Waals surface area (Å²) in [5, 5.41) is 2.98. The summed E-state index contributed by atoms with van der Waals surface area (Å²) in [5.74, 6) is 0. The number of aryl methyl sites for hydroxylation is 1. The van der Waals surface area contributed by atoms with E-state index in [1.165, 1.54) is 6.07 Å². The van der Waals surface area contributed by atoms with Crippen LogP contribution in [0.4, 0.5) is 13.2 Å². The molecule has 0 spiro atoms. The van der Waals surface area contributed by atoms with E-state index in [1.54, 1.807) is 12.3 Å². The molecule has 1 saturated heterocycles. The Morgan fingerprint density at radius 2 is 1.92 bits per heavy atom. The summed E-state index contributed by atoms with van der Waals surface area (Å²) >= 11 is 5.79. The maximum Gasteiger partial charge on any atom is 0.417 e. The van der Waals surface area contributed by atoms with Gasteiger partial charge < -0.3 is 5.32 Å². The van der Waals surface area contributed by atoms with Crippen LogP contribution in [0.15, 0.2) is 36.5 Å². The molecule has 7 heteroatoms. The highest BCUT2D eigenvalue weighted by Gasteiger charge is 2.35. The van der Waals surface area contributed by atoms with Crippen LogP contribution < -0.4 is 5.32 Å². The number of hydrogen-bond donors (Lipinski definition) is 1. The van der Waals surface area contributed by atoms with Crippen molar-refractivity contribution in [3.05, 3.63) is 63.9 Å². The number of benzene rings is 1. The predicted molar refractivity (Wildman–Crippen MR) is 91.7 cm³/mol. The zero-order chi connectivity index (χ0) is 18.0. The topological polar surface area (TPSA) is 28.2 Å². The van der Waals surface area contributed by atoms with Gasteiger partial charge in [-0.1, -0.05) is 23.7 Å². The number of hydrogen-bond acceptors (Lipinski definition) is 3. The standard InChI is InChI=1S/C18H19ClF3N3/c1-12-3-2-6-24-16(12)17(25-9-7-23-8-10-25)13-4-5-15(19)14(11-13)18(20,21)22/h2-6,11,17,23H,7-10H2,1H3. The molecule has 1 aromatic heterocycles. The molecule has 1 aliphatic rings. The normalized spacial score (nSPS) is 17.5. The van der Waals surface area contributed by atoms with Crippen LogP contribution in [0, 0.1) is 6.92 Å². The molecule has 0 amide bonds. The van der Waals surface area contributed by atoms with Gasteiger partial charge in [-0.05, 0) is 36.2 Å². The maximum absolute atomic E-state index is 13.3. The third-order valence-electron chi connectivity index (χ3n) is 4.44. The van der Waals surface area contributed by atoms with Gasteiger partial charge in [-0.3, -0.25) is 9.88 Å². The van der Waals surface area contributed by atoms with Crippen LogP contribution in [0.1, 0.15) is 28.4 Å². The highest BCUT2D eigenvalue weighted by atomic mass is 35.5. The first-order chi connectivity index (χ1) is 11.9. The number of pyridine rings is 1. The van der Waals surface area contributed by atoms with Crippen LogP contribution in [0.25, 0.3) is 0 Å². The SMILES string of the molecule is Cc1cccnc1C(c1ccc(Cl)c(C(F)(F)F)c1)N1CCNCC1. The summed E-state index contributed by atoms with van der Waals surface area (Å²) in [6.07, 6.45) is -2.81. The van der Waals surface area contributed by atoms with Crippen molar-refractivity contribution in [1.29, 1.82) is 0 Å². The summed E-state index contributed by atoms with van der Waals surface area (Å²) in [6, 6.07) is 7.57. The molecule has 1 aliphatic heterocycles. The van der Waals surface area contributed by atoms with Crippen molar-refractivity contribution in [2.24, 2.45) is 0 Å². The van der Waals surface area contributed by atoms with Gasteiger partial charge in [-0.25, -0.2) is 0 Å². The average molecular weight is 370 g/mol. The van der Waals surface area contributed by atoms with Gasteiger partial charge in [0, 0.05) is 32.4 Å². The second-order valence-corrected chi connectivity index (χ2v) is 6.54. The third kappa shape index (κ3) is 3.97. The number of alkyl halides is 3. The smallest absolute Gasteiger partial charge is 0.314 e. The Labute approximate surface area is 149 Å². The van der Waals surface area contributed by atoms with E-state index in [9.17, 15) is 13.2 Å². The number of nitrogens with one attached hydrogen (secondary N) is 1. The van der Waals surface area contributed by atoms with Gasteiger partial charge in [0.05, 0.1) is 22.3 Å². The molecule has 3 rings (SSSR count). The largest absolute Gasteiger partial charge is 0.417 e. The third-order valence-corrected chi connectivity index (χ3v) is 4.77. The van der Waals surface area contributed by atoms with E-state index >= 15 is 0 Å². The van der Waals surface area contributed by atoms with E-state index in [-0.39, 0.29) is 11.1 Å². The second-order valence-electron chi connectivity index (χ2n) is 6.13. The maximum atomic E-state index is 13.3. The highest BCUT2D eigenvalue weighted by molar-refractivity contribution is 6.31. The van der Waals surface area contributed by atoms with E-state index in [4.69, 9.17) is 11.6 Å². The lowest BCUT2D eigenvalue weighted by Crippen LogP contribution is -2.45. The predicted octanol–water partition coefficient (Wildman–Crippen LogP) is 4.06. The molecule has 1 N–H and O–H groups in total. The Bertz CT molecular complexity index is 743. The first kappa shape index (κ1) is 18.2. The summed E-state index contributed by atoms with van der Waals surface area (Å²) < 4.78 is 39.9. The fraction of sp³-hybridized carbons (Fsp3) is 0.389. The quantitative estimate of drug-likeness (QED) is 0.884. The number of rotatable bonds is 3.